The molecule has 2 N–H and O–H groups in total. The van der Waals surface area contributed by atoms with E-state index in [1.807, 2.05) is 0 Å². The van der Waals surface area contributed by atoms with Gasteiger partial charge in [0.2, 0.25) is 0 Å². The highest BCUT2D eigenvalue weighted by atomic mass is 16.5. The maximum absolute atomic E-state index is 12.3. The summed E-state index contributed by atoms with van der Waals surface area (Å²) in [7, 11) is 2.89. The second-order valence-electron chi connectivity index (χ2n) is 5.65. The first-order chi connectivity index (χ1) is 13.6. The molecular formula is C20H18N4O4. The van der Waals surface area contributed by atoms with Gasteiger partial charge < -0.3 is 20.1 Å². The van der Waals surface area contributed by atoms with Crippen molar-refractivity contribution in [3.63, 3.8) is 0 Å². The molecule has 0 unspecified atom stereocenters. The molecule has 142 valence electrons. The van der Waals surface area contributed by atoms with Gasteiger partial charge in [0.05, 0.1) is 25.5 Å². The minimum atomic E-state index is -0.466. The van der Waals surface area contributed by atoms with E-state index in [1.54, 1.807) is 61.7 Å². The van der Waals surface area contributed by atoms with Crippen molar-refractivity contribution < 1.29 is 19.1 Å². The molecule has 0 aliphatic carbocycles. The van der Waals surface area contributed by atoms with Crippen LogP contribution in [0.4, 0.5) is 17.2 Å². The van der Waals surface area contributed by atoms with E-state index in [4.69, 9.17) is 9.47 Å². The molecule has 0 fully saturated rings. The molecule has 8 heteroatoms. The fourth-order valence-corrected chi connectivity index (χ4v) is 2.41. The van der Waals surface area contributed by atoms with Gasteiger partial charge in [0.15, 0.2) is 11.5 Å². The van der Waals surface area contributed by atoms with Gasteiger partial charge in [-0.15, -0.1) is 10.2 Å². The van der Waals surface area contributed by atoms with E-state index >= 15 is 0 Å². The monoisotopic (exact) mass is 378 g/mol. The van der Waals surface area contributed by atoms with Crippen LogP contribution in [0.25, 0.3) is 0 Å². The number of para-hydroxylation sites is 1. The van der Waals surface area contributed by atoms with Gasteiger partial charge in [-0.3, -0.25) is 4.79 Å². The highest BCUT2D eigenvalue weighted by Crippen LogP contribution is 2.20. The minimum absolute atomic E-state index is 0.155. The normalized spacial score (nSPS) is 10.1. The van der Waals surface area contributed by atoms with Crippen molar-refractivity contribution in [3.8, 4) is 5.75 Å². The van der Waals surface area contributed by atoms with E-state index in [0.29, 0.717) is 28.5 Å². The molecule has 0 saturated heterocycles. The Kier molecular flexibility index (Phi) is 5.81. The van der Waals surface area contributed by atoms with Gasteiger partial charge in [-0.1, -0.05) is 12.1 Å². The number of amides is 1. The van der Waals surface area contributed by atoms with Crippen molar-refractivity contribution in [3.05, 3.63) is 71.9 Å². The first kappa shape index (κ1) is 18.8. The maximum Gasteiger partial charge on any atom is 0.339 e. The molecular weight excluding hydrogens is 360 g/mol. The highest BCUT2D eigenvalue weighted by Gasteiger charge is 2.13. The Labute approximate surface area is 161 Å². The number of esters is 1. The Morgan fingerprint density at radius 2 is 1.64 bits per heavy atom. The second kappa shape index (κ2) is 8.63. The van der Waals surface area contributed by atoms with Crippen LogP contribution in [-0.2, 0) is 4.74 Å². The summed E-state index contributed by atoms with van der Waals surface area (Å²) in [5, 5.41) is 13.7. The predicted molar refractivity (Wildman–Crippen MR) is 104 cm³/mol. The molecule has 0 radical (unpaired) electrons. The fourth-order valence-electron chi connectivity index (χ4n) is 2.41. The Bertz CT molecular complexity index is 972. The van der Waals surface area contributed by atoms with Crippen LogP contribution in [0.15, 0.2) is 60.7 Å². The molecule has 0 aliphatic heterocycles. The molecule has 28 heavy (non-hydrogen) atoms. The van der Waals surface area contributed by atoms with E-state index in [-0.39, 0.29) is 11.6 Å². The zero-order chi connectivity index (χ0) is 19.9. The summed E-state index contributed by atoms with van der Waals surface area (Å²) in [6.07, 6.45) is 0. The summed E-state index contributed by atoms with van der Waals surface area (Å²) >= 11 is 0. The average molecular weight is 378 g/mol. The lowest BCUT2D eigenvalue weighted by Crippen LogP contribution is -2.14. The van der Waals surface area contributed by atoms with Crippen molar-refractivity contribution in [1.29, 1.82) is 0 Å². The number of rotatable bonds is 6. The van der Waals surface area contributed by atoms with Crippen molar-refractivity contribution in [1.82, 2.24) is 10.2 Å². The van der Waals surface area contributed by atoms with Gasteiger partial charge >= 0.3 is 5.97 Å². The molecule has 3 aromatic rings. The number of nitrogens with zero attached hydrogens (tertiary/aromatic N) is 2. The van der Waals surface area contributed by atoms with Gasteiger partial charge in [-0.05, 0) is 48.5 Å². The number of hydrogen-bond acceptors (Lipinski definition) is 7. The van der Waals surface area contributed by atoms with Gasteiger partial charge in [0.1, 0.15) is 5.75 Å². The first-order valence-corrected chi connectivity index (χ1v) is 8.34. The van der Waals surface area contributed by atoms with Crippen LogP contribution in [0.3, 0.4) is 0 Å². The third-order valence-corrected chi connectivity index (χ3v) is 3.84. The number of anilines is 3. The van der Waals surface area contributed by atoms with Crippen LogP contribution in [0.1, 0.15) is 20.8 Å². The Morgan fingerprint density at radius 1 is 0.893 bits per heavy atom. The van der Waals surface area contributed by atoms with Crippen LogP contribution < -0.4 is 15.4 Å². The Hall–Kier alpha value is -3.94. The number of benzene rings is 2. The van der Waals surface area contributed by atoms with Crippen molar-refractivity contribution in [2.45, 2.75) is 0 Å². The van der Waals surface area contributed by atoms with Crippen LogP contribution >= 0.6 is 0 Å². The van der Waals surface area contributed by atoms with Gasteiger partial charge in [0.25, 0.3) is 5.91 Å². The first-order valence-electron chi connectivity index (χ1n) is 8.34. The smallest absolute Gasteiger partial charge is 0.339 e. The Balaban J connectivity index is 1.69. The molecule has 0 spiro atoms. The summed E-state index contributed by atoms with van der Waals surface area (Å²) in [5.74, 6) is 0.225. The quantitative estimate of drug-likeness (QED) is 0.635. The molecule has 3 rings (SSSR count). The van der Waals surface area contributed by atoms with Crippen molar-refractivity contribution in [2.75, 3.05) is 24.9 Å². The summed E-state index contributed by atoms with van der Waals surface area (Å²) in [6, 6.07) is 16.9. The zero-order valence-electron chi connectivity index (χ0n) is 15.3. The molecule has 0 bridgehead atoms. The molecule has 2 aromatic carbocycles. The van der Waals surface area contributed by atoms with Gasteiger partial charge in [-0.25, -0.2) is 4.79 Å². The topological polar surface area (TPSA) is 102 Å². The molecule has 1 aromatic heterocycles. The molecule has 1 heterocycles. The lowest BCUT2D eigenvalue weighted by molar-refractivity contribution is 0.0601. The van der Waals surface area contributed by atoms with Crippen molar-refractivity contribution >= 4 is 29.1 Å². The van der Waals surface area contributed by atoms with E-state index in [9.17, 15) is 9.59 Å². The third-order valence-electron chi connectivity index (χ3n) is 3.84. The largest absolute Gasteiger partial charge is 0.497 e. The second-order valence-corrected chi connectivity index (χ2v) is 5.65. The summed E-state index contributed by atoms with van der Waals surface area (Å²) in [5.41, 5.74) is 1.66. The van der Waals surface area contributed by atoms with Crippen LogP contribution in [0, 0.1) is 0 Å². The average Bonchev–Trinajstić information content (AvgIpc) is 2.74. The van der Waals surface area contributed by atoms with E-state index < -0.39 is 5.97 Å². The van der Waals surface area contributed by atoms with Crippen LogP contribution in [0.5, 0.6) is 5.75 Å². The van der Waals surface area contributed by atoms with E-state index in [1.165, 1.54) is 13.2 Å². The summed E-state index contributed by atoms with van der Waals surface area (Å²) in [4.78, 5) is 24.1. The summed E-state index contributed by atoms with van der Waals surface area (Å²) in [6.45, 7) is 0. The van der Waals surface area contributed by atoms with Crippen LogP contribution in [-0.4, -0.2) is 36.3 Å². The number of hydrogen-bond donors (Lipinski definition) is 2. The lowest BCUT2D eigenvalue weighted by atomic mass is 10.2. The van der Waals surface area contributed by atoms with E-state index in [2.05, 4.69) is 20.8 Å². The highest BCUT2D eigenvalue weighted by molar-refractivity contribution is 6.02. The number of ether oxygens (including phenoxy) is 2. The van der Waals surface area contributed by atoms with Gasteiger partial charge in [-0.2, -0.15) is 0 Å². The summed E-state index contributed by atoms with van der Waals surface area (Å²) < 4.78 is 9.84. The number of aromatic nitrogens is 2. The molecule has 0 saturated carbocycles. The van der Waals surface area contributed by atoms with Crippen molar-refractivity contribution in [2.24, 2.45) is 0 Å². The maximum atomic E-state index is 12.3. The van der Waals surface area contributed by atoms with E-state index in [0.717, 1.165) is 0 Å². The predicted octanol–water partition coefficient (Wildman–Crippen LogP) is 3.27. The fraction of sp³-hybridized carbons (Fsp3) is 0.100. The third kappa shape index (κ3) is 4.42. The number of carbonyl (C=O) groups is 2. The number of carbonyl (C=O) groups excluding carboxylic acids is 2. The zero-order valence-corrected chi connectivity index (χ0v) is 15.3. The number of methoxy groups -OCH3 is 2. The standard InChI is InChI=1S/C20H18N4O4/c1-27-14-9-7-13(8-10-14)21-19(25)17-11-12-18(24-23-17)22-16-6-4-3-5-15(16)20(26)28-2/h3-12H,1-2H3,(H,21,25)(H,22,24). The molecule has 0 aliphatic rings. The number of nitrogens with one attached hydrogen (secondary N) is 2. The Morgan fingerprint density at radius 3 is 2.29 bits per heavy atom. The minimum Gasteiger partial charge on any atom is -0.497 e. The SMILES string of the molecule is COC(=O)c1ccccc1Nc1ccc(C(=O)Nc2ccc(OC)cc2)nn1. The molecule has 8 nitrogen and oxygen atoms in total. The lowest BCUT2D eigenvalue weighted by Gasteiger charge is -2.10. The molecule has 0 atom stereocenters. The van der Waals surface area contributed by atoms with Gasteiger partial charge in [0, 0.05) is 5.69 Å². The van der Waals surface area contributed by atoms with Crippen LogP contribution in [0.2, 0.25) is 0 Å². The molecule has 1 amide bonds.